The van der Waals surface area contributed by atoms with Gasteiger partial charge in [-0.1, -0.05) is 11.6 Å². The number of rotatable bonds is 7. The Morgan fingerprint density at radius 1 is 1.38 bits per heavy atom. The second kappa shape index (κ2) is 8.38. The first kappa shape index (κ1) is 17.1. The molecule has 0 aromatic heterocycles. The van der Waals surface area contributed by atoms with E-state index in [0.717, 1.165) is 0 Å². The predicted molar refractivity (Wildman–Crippen MR) is 72.3 cm³/mol. The average molecular weight is 323 g/mol. The number of nitrogens with one attached hydrogen (secondary N) is 2. The number of carbonyl (C=O) groups excluding carboxylic acids is 1. The molecule has 0 aliphatic carbocycles. The van der Waals surface area contributed by atoms with Gasteiger partial charge in [-0.3, -0.25) is 0 Å². The lowest BCUT2D eigenvalue weighted by Gasteiger charge is -2.10. The Morgan fingerprint density at radius 3 is 2.71 bits per heavy atom. The second-order valence-electron chi connectivity index (χ2n) is 3.84. The van der Waals surface area contributed by atoms with E-state index in [1.807, 2.05) is 0 Å². The van der Waals surface area contributed by atoms with E-state index in [-0.39, 0.29) is 29.4 Å². The minimum Gasteiger partial charge on any atom is -0.478 e. The molecule has 1 rings (SSSR count). The van der Waals surface area contributed by atoms with Gasteiger partial charge in [0.05, 0.1) is 17.9 Å². The number of ether oxygens (including phenoxy) is 1. The monoisotopic (exact) mass is 322 g/mol. The number of urea groups is 1. The maximum atomic E-state index is 11.8. The third-order valence-corrected chi connectivity index (χ3v) is 2.47. The summed E-state index contributed by atoms with van der Waals surface area (Å²) in [5, 5.41) is 13.9. The molecule has 0 aliphatic rings. The molecule has 0 unspecified atom stereocenters. The van der Waals surface area contributed by atoms with Crippen LogP contribution in [0, 0.1) is 0 Å². The van der Waals surface area contributed by atoms with E-state index in [1.54, 1.807) is 0 Å². The molecule has 0 spiro atoms. The maximum absolute atomic E-state index is 11.8. The van der Waals surface area contributed by atoms with Crippen LogP contribution in [-0.2, 0) is 4.74 Å². The number of halogens is 3. The lowest BCUT2D eigenvalue weighted by Crippen LogP contribution is -2.32. The van der Waals surface area contributed by atoms with Crippen molar-refractivity contribution in [2.24, 2.45) is 0 Å². The van der Waals surface area contributed by atoms with Crippen molar-refractivity contribution in [2.75, 3.05) is 25.1 Å². The molecule has 0 radical (unpaired) electrons. The molecule has 3 N–H and O–H groups in total. The first-order valence-electron chi connectivity index (χ1n) is 5.83. The zero-order valence-electron chi connectivity index (χ0n) is 10.7. The van der Waals surface area contributed by atoms with Crippen LogP contribution in [0.2, 0.25) is 5.02 Å². The first-order chi connectivity index (χ1) is 9.90. The van der Waals surface area contributed by atoms with Gasteiger partial charge >= 0.3 is 12.0 Å². The lowest BCUT2D eigenvalue weighted by atomic mass is 10.2. The summed E-state index contributed by atoms with van der Waals surface area (Å²) < 4.78 is 28.1. The Balaban J connectivity index is 2.46. The van der Waals surface area contributed by atoms with Crippen molar-refractivity contribution in [3.63, 3.8) is 0 Å². The highest BCUT2D eigenvalue weighted by Gasteiger charge is 2.12. The molecule has 0 aliphatic heterocycles. The van der Waals surface area contributed by atoms with E-state index in [2.05, 4.69) is 15.4 Å². The zero-order valence-corrected chi connectivity index (χ0v) is 11.5. The number of amides is 2. The first-order valence-corrected chi connectivity index (χ1v) is 6.21. The molecule has 2 amide bonds. The van der Waals surface area contributed by atoms with Gasteiger partial charge in [0.25, 0.3) is 6.43 Å². The summed E-state index contributed by atoms with van der Waals surface area (Å²) in [7, 11) is 0. The van der Waals surface area contributed by atoms with Gasteiger partial charge in [0.15, 0.2) is 0 Å². The molecule has 0 heterocycles. The summed E-state index contributed by atoms with van der Waals surface area (Å²) in [5.74, 6) is -1.24. The number of alkyl halides is 2. The van der Waals surface area contributed by atoms with E-state index < -0.39 is 25.0 Å². The smallest absolute Gasteiger partial charge is 0.337 e. The number of benzene rings is 1. The molecule has 21 heavy (non-hydrogen) atoms. The fraction of sp³-hybridized carbons (Fsp3) is 0.333. The molecule has 0 saturated heterocycles. The van der Waals surface area contributed by atoms with E-state index in [0.29, 0.717) is 0 Å². The van der Waals surface area contributed by atoms with Crippen LogP contribution in [-0.4, -0.2) is 43.3 Å². The van der Waals surface area contributed by atoms with Crippen LogP contribution in [0.25, 0.3) is 0 Å². The maximum Gasteiger partial charge on any atom is 0.337 e. The average Bonchev–Trinajstić information content (AvgIpc) is 2.39. The number of hydrogen-bond donors (Lipinski definition) is 3. The summed E-state index contributed by atoms with van der Waals surface area (Å²) in [4.78, 5) is 22.5. The molecule has 0 atom stereocenters. The van der Waals surface area contributed by atoms with Crippen LogP contribution in [0.3, 0.4) is 0 Å². The standard InChI is InChI=1S/C12H13ClF2N2O4/c13-7-1-2-9(8(5-7)11(18)19)17-12(20)16-3-4-21-6-10(14)15/h1-2,5,10H,3-4,6H2,(H,18,19)(H2,16,17,20). The topological polar surface area (TPSA) is 87.7 Å². The highest BCUT2D eigenvalue weighted by atomic mass is 35.5. The van der Waals surface area contributed by atoms with Gasteiger partial charge in [0.2, 0.25) is 0 Å². The van der Waals surface area contributed by atoms with Crippen molar-refractivity contribution >= 4 is 29.3 Å². The Labute approximate surface area is 124 Å². The fourth-order valence-electron chi connectivity index (χ4n) is 1.38. The van der Waals surface area contributed by atoms with Crippen molar-refractivity contribution in [3.8, 4) is 0 Å². The molecule has 6 nitrogen and oxygen atoms in total. The molecule has 1 aromatic carbocycles. The van der Waals surface area contributed by atoms with Crippen LogP contribution in [0.1, 0.15) is 10.4 Å². The van der Waals surface area contributed by atoms with Gasteiger partial charge < -0.3 is 20.5 Å². The number of anilines is 1. The van der Waals surface area contributed by atoms with Crippen molar-refractivity contribution in [3.05, 3.63) is 28.8 Å². The van der Waals surface area contributed by atoms with Crippen LogP contribution >= 0.6 is 11.6 Å². The van der Waals surface area contributed by atoms with Crippen molar-refractivity contribution in [1.82, 2.24) is 5.32 Å². The van der Waals surface area contributed by atoms with Crippen LogP contribution < -0.4 is 10.6 Å². The number of hydrogen-bond acceptors (Lipinski definition) is 3. The van der Waals surface area contributed by atoms with Gasteiger partial charge in [-0.25, -0.2) is 18.4 Å². The van der Waals surface area contributed by atoms with Gasteiger partial charge in [-0.05, 0) is 18.2 Å². The minimum absolute atomic E-state index is 0.00848. The summed E-state index contributed by atoms with van der Waals surface area (Å²) in [6, 6.07) is 3.29. The Morgan fingerprint density at radius 2 is 2.10 bits per heavy atom. The fourth-order valence-corrected chi connectivity index (χ4v) is 1.55. The van der Waals surface area contributed by atoms with E-state index in [4.69, 9.17) is 16.7 Å². The third kappa shape index (κ3) is 6.37. The van der Waals surface area contributed by atoms with E-state index in [1.165, 1.54) is 18.2 Å². The summed E-state index contributed by atoms with van der Waals surface area (Å²) >= 11 is 5.67. The quantitative estimate of drug-likeness (QED) is 0.673. The van der Waals surface area contributed by atoms with Crippen molar-refractivity contribution < 1.29 is 28.2 Å². The van der Waals surface area contributed by atoms with Crippen LogP contribution in [0.15, 0.2) is 18.2 Å². The van der Waals surface area contributed by atoms with Crippen molar-refractivity contribution in [1.29, 1.82) is 0 Å². The molecule has 0 bridgehead atoms. The second-order valence-corrected chi connectivity index (χ2v) is 4.28. The SMILES string of the molecule is O=C(NCCOCC(F)F)Nc1ccc(Cl)cc1C(=O)O. The summed E-state index contributed by atoms with van der Waals surface area (Å²) in [6.45, 7) is -0.775. The molecule has 0 fully saturated rings. The Kier molecular flexibility index (Phi) is 6.83. The summed E-state index contributed by atoms with van der Waals surface area (Å²) in [5.41, 5.74) is -0.0931. The molecule has 1 aromatic rings. The Bertz CT molecular complexity index is 514. The van der Waals surface area contributed by atoms with Crippen molar-refractivity contribution in [2.45, 2.75) is 6.43 Å². The largest absolute Gasteiger partial charge is 0.478 e. The highest BCUT2D eigenvalue weighted by Crippen LogP contribution is 2.20. The van der Waals surface area contributed by atoms with Crippen LogP contribution in [0.5, 0.6) is 0 Å². The zero-order chi connectivity index (χ0) is 15.8. The van der Waals surface area contributed by atoms with Gasteiger partial charge in [0, 0.05) is 11.6 Å². The number of carboxylic acid groups (broad SMARTS) is 1. The van der Waals surface area contributed by atoms with Crippen LogP contribution in [0.4, 0.5) is 19.3 Å². The number of carboxylic acids is 1. The van der Waals surface area contributed by atoms with Gasteiger partial charge in [-0.2, -0.15) is 0 Å². The van der Waals surface area contributed by atoms with Gasteiger partial charge in [0.1, 0.15) is 6.61 Å². The molecule has 116 valence electrons. The molecular formula is C12H13ClF2N2O4. The Hall–Kier alpha value is -1.93. The summed E-state index contributed by atoms with van der Waals surface area (Å²) in [6.07, 6.45) is -2.56. The predicted octanol–water partition coefficient (Wildman–Crippen LogP) is 2.44. The third-order valence-electron chi connectivity index (χ3n) is 2.24. The molecule has 9 heteroatoms. The molecular weight excluding hydrogens is 310 g/mol. The normalized spacial score (nSPS) is 10.5. The number of aromatic carboxylic acids is 1. The van der Waals surface area contributed by atoms with E-state index >= 15 is 0 Å². The lowest BCUT2D eigenvalue weighted by molar-refractivity contribution is 0.0194. The van der Waals surface area contributed by atoms with Gasteiger partial charge in [-0.15, -0.1) is 0 Å². The number of carbonyl (C=O) groups is 2. The highest BCUT2D eigenvalue weighted by molar-refractivity contribution is 6.31. The molecule has 0 saturated carbocycles. The minimum atomic E-state index is -2.56. The van der Waals surface area contributed by atoms with E-state index in [9.17, 15) is 18.4 Å².